The van der Waals surface area contributed by atoms with Crippen molar-refractivity contribution in [3.05, 3.63) is 0 Å². The molecule has 1 heterocycles. The van der Waals surface area contributed by atoms with Crippen LogP contribution < -0.4 is 0 Å². The van der Waals surface area contributed by atoms with E-state index in [9.17, 15) is 14.4 Å². The van der Waals surface area contributed by atoms with E-state index in [2.05, 4.69) is 9.47 Å². The summed E-state index contributed by atoms with van der Waals surface area (Å²) in [5, 5.41) is 0. The van der Waals surface area contributed by atoms with Crippen LogP contribution in [0.15, 0.2) is 0 Å². The van der Waals surface area contributed by atoms with Crippen molar-refractivity contribution < 1.29 is 28.6 Å². The number of carbonyl (C=O) groups excluding carboxylic acids is 3. The van der Waals surface area contributed by atoms with Crippen molar-refractivity contribution in [2.45, 2.75) is 32.3 Å². The van der Waals surface area contributed by atoms with Crippen LogP contribution in [0, 0.1) is 5.41 Å². The van der Waals surface area contributed by atoms with Crippen molar-refractivity contribution in [3.63, 3.8) is 0 Å². The van der Waals surface area contributed by atoms with Gasteiger partial charge in [0.05, 0.1) is 14.2 Å². The average Bonchev–Trinajstić information content (AvgIpc) is 2.59. The first kappa shape index (κ1) is 14.6. The van der Waals surface area contributed by atoms with E-state index in [0.717, 1.165) is 0 Å². The van der Waals surface area contributed by atoms with Gasteiger partial charge in [0.25, 0.3) is 0 Å². The third-order valence-electron chi connectivity index (χ3n) is 3.17. The van der Waals surface area contributed by atoms with Crippen LogP contribution in [0.4, 0.5) is 0 Å². The van der Waals surface area contributed by atoms with Crippen molar-refractivity contribution >= 4 is 17.7 Å². The predicted molar refractivity (Wildman–Crippen MR) is 60.7 cm³/mol. The largest absolute Gasteiger partial charge is 0.468 e. The molecule has 0 aromatic rings. The van der Waals surface area contributed by atoms with Crippen LogP contribution in [-0.2, 0) is 28.6 Å². The minimum absolute atomic E-state index is 0.191. The summed E-state index contributed by atoms with van der Waals surface area (Å²) >= 11 is 0. The number of carbonyl (C=O) groups is 3. The molecule has 1 rings (SSSR count). The Morgan fingerprint density at radius 1 is 1.11 bits per heavy atom. The molecule has 6 heteroatoms. The molecule has 1 fully saturated rings. The summed E-state index contributed by atoms with van der Waals surface area (Å²) in [5.74, 6) is -1.94. The molecule has 1 aliphatic rings. The summed E-state index contributed by atoms with van der Waals surface area (Å²) < 4.78 is 14.7. The van der Waals surface area contributed by atoms with E-state index in [0.29, 0.717) is 19.4 Å². The Labute approximate surface area is 106 Å². The van der Waals surface area contributed by atoms with Gasteiger partial charge in [-0.2, -0.15) is 0 Å². The lowest BCUT2D eigenvalue weighted by molar-refractivity contribution is -0.183. The number of esters is 2. The summed E-state index contributed by atoms with van der Waals surface area (Å²) in [7, 11) is 2.35. The molecule has 6 nitrogen and oxygen atoms in total. The first-order valence-corrected chi connectivity index (χ1v) is 5.79. The molecule has 1 aliphatic heterocycles. The summed E-state index contributed by atoms with van der Waals surface area (Å²) in [6.07, 6.45) is 0.323. The zero-order valence-electron chi connectivity index (χ0n) is 10.9. The van der Waals surface area contributed by atoms with Gasteiger partial charge in [0, 0.05) is 6.61 Å². The number of hydrogen-bond acceptors (Lipinski definition) is 6. The molecule has 0 bridgehead atoms. The third kappa shape index (κ3) is 2.38. The van der Waals surface area contributed by atoms with E-state index >= 15 is 0 Å². The predicted octanol–water partition coefficient (Wildman–Crippen LogP) is 0.477. The van der Waals surface area contributed by atoms with Crippen molar-refractivity contribution in [3.8, 4) is 0 Å². The second-order valence-electron chi connectivity index (χ2n) is 4.27. The molecule has 1 saturated heterocycles. The highest BCUT2D eigenvalue weighted by molar-refractivity contribution is 6.05. The van der Waals surface area contributed by atoms with E-state index in [1.165, 1.54) is 21.1 Å². The van der Waals surface area contributed by atoms with Crippen LogP contribution in [0.2, 0.25) is 0 Å². The monoisotopic (exact) mass is 258 g/mol. The molecule has 1 atom stereocenters. The molecular formula is C12H18O6. The molecule has 0 radical (unpaired) electrons. The molecule has 1 unspecified atom stereocenters. The van der Waals surface area contributed by atoms with E-state index < -0.39 is 23.5 Å². The maximum Gasteiger partial charge on any atom is 0.326 e. The number of rotatable bonds is 3. The average molecular weight is 258 g/mol. The topological polar surface area (TPSA) is 78.9 Å². The smallest absolute Gasteiger partial charge is 0.326 e. The van der Waals surface area contributed by atoms with Gasteiger partial charge in [-0.05, 0) is 26.2 Å². The Morgan fingerprint density at radius 3 is 2.11 bits per heavy atom. The summed E-state index contributed by atoms with van der Waals surface area (Å²) in [4.78, 5) is 35.7. The first-order valence-electron chi connectivity index (χ1n) is 5.79. The molecule has 0 saturated carbocycles. The van der Waals surface area contributed by atoms with Gasteiger partial charge in [-0.25, -0.2) is 0 Å². The fraction of sp³-hybridized carbons (Fsp3) is 0.750. The maximum atomic E-state index is 12.0. The van der Waals surface area contributed by atoms with Crippen LogP contribution in [-0.4, -0.2) is 44.7 Å². The van der Waals surface area contributed by atoms with Crippen LogP contribution in [0.25, 0.3) is 0 Å². The van der Waals surface area contributed by atoms with Gasteiger partial charge in [-0.15, -0.1) is 0 Å². The highest BCUT2D eigenvalue weighted by Gasteiger charge is 2.57. The minimum Gasteiger partial charge on any atom is -0.468 e. The SMILES string of the molecule is COC(=O)C1(C(=O)OC)CCCCOC1C(C)=O. The second-order valence-corrected chi connectivity index (χ2v) is 4.27. The van der Waals surface area contributed by atoms with Crippen molar-refractivity contribution in [1.82, 2.24) is 0 Å². The van der Waals surface area contributed by atoms with Gasteiger partial charge in [0.15, 0.2) is 11.2 Å². The maximum absolute atomic E-state index is 12.0. The molecule has 0 aromatic heterocycles. The van der Waals surface area contributed by atoms with Gasteiger partial charge in [-0.1, -0.05) is 0 Å². The van der Waals surface area contributed by atoms with Crippen LogP contribution in [0.3, 0.4) is 0 Å². The van der Waals surface area contributed by atoms with E-state index in [-0.39, 0.29) is 12.2 Å². The summed E-state index contributed by atoms with van der Waals surface area (Å²) in [6, 6.07) is 0. The number of hydrogen-bond donors (Lipinski definition) is 0. The number of Topliss-reactive ketones (excluding diaryl/α,β-unsaturated/α-hetero) is 1. The van der Waals surface area contributed by atoms with Gasteiger partial charge < -0.3 is 14.2 Å². The first-order chi connectivity index (χ1) is 8.50. The minimum atomic E-state index is -1.67. The number of ether oxygens (including phenoxy) is 3. The second kappa shape index (κ2) is 5.95. The molecule has 0 spiro atoms. The lowest BCUT2D eigenvalue weighted by atomic mass is 9.76. The van der Waals surface area contributed by atoms with Gasteiger partial charge in [0.1, 0.15) is 6.10 Å². The van der Waals surface area contributed by atoms with Crippen molar-refractivity contribution in [2.75, 3.05) is 20.8 Å². The van der Waals surface area contributed by atoms with Gasteiger partial charge in [-0.3, -0.25) is 14.4 Å². The quantitative estimate of drug-likeness (QED) is 0.541. The Morgan fingerprint density at radius 2 is 1.67 bits per heavy atom. The van der Waals surface area contributed by atoms with Crippen LogP contribution in [0.1, 0.15) is 26.2 Å². The molecule has 0 aliphatic carbocycles. The third-order valence-corrected chi connectivity index (χ3v) is 3.17. The standard InChI is InChI=1S/C12H18O6/c1-8(13)9-12(10(14)16-2,11(15)17-3)6-4-5-7-18-9/h9H,4-7H2,1-3H3. The van der Waals surface area contributed by atoms with Crippen LogP contribution in [0.5, 0.6) is 0 Å². The molecular weight excluding hydrogens is 240 g/mol. The Balaban J connectivity index is 3.28. The summed E-state index contributed by atoms with van der Waals surface area (Å²) in [5.41, 5.74) is -1.67. The zero-order valence-corrected chi connectivity index (χ0v) is 10.9. The van der Waals surface area contributed by atoms with Crippen LogP contribution >= 0.6 is 0 Å². The number of methoxy groups -OCH3 is 2. The fourth-order valence-corrected chi connectivity index (χ4v) is 2.31. The molecule has 0 amide bonds. The van der Waals surface area contributed by atoms with Gasteiger partial charge >= 0.3 is 11.9 Å². The Hall–Kier alpha value is -1.43. The lowest BCUT2D eigenvalue weighted by Gasteiger charge is -2.32. The molecule has 0 aromatic carbocycles. The molecule has 0 N–H and O–H groups in total. The number of ketones is 1. The highest BCUT2D eigenvalue weighted by atomic mass is 16.6. The van der Waals surface area contributed by atoms with Gasteiger partial charge in [0.2, 0.25) is 0 Å². The normalized spacial score (nSPS) is 22.7. The molecule has 102 valence electrons. The Bertz CT molecular complexity index is 332. The molecule has 18 heavy (non-hydrogen) atoms. The van der Waals surface area contributed by atoms with E-state index in [4.69, 9.17) is 4.74 Å². The van der Waals surface area contributed by atoms with Crippen molar-refractivity contribution in [2.24, 2.45) is 5.41 Å². The van der Waals surface area contributed by atoms with E-state index in [1.807, 2.05) is 0 Å². The fourth-order valence-electron chi connectivity index (χ4n) is 2.31. The zero-order chi connectivity index (χ0) is 13.8. The summed E-state index contributed by atoms with van der Waals surface area (Å²) in [6.45, 7) is 1.62. The Kier molecular flexibility index (Phi) is 4.84. The highest BCUT2D eigenvalue weighted by Crippen LogP contribution is 2.37. The lowest BCUT2D eigenvalue weighted by Crippen LogP contribution is -2.53. The van der Waals surface area contributed by atoms with E-state index in [1.54, 1.807) is 0 Å². The van der Waals surface area contributed by atoms with Crippen molar-refractivity contribution in [1.29, 1.82) is 0 Å².